The molecular weight excluding hydrogens is 201 g/mol. The molecule has 0 atom stereocenters. The second kappa shape index (κ2) is 5.70. The van der Waals surface area contributed by atoms with Crippen molar-refractivity contribution in [3.63, 3.8) is 0 Å². The number of thioether (sulfide) groups is 1. The summed E-state index contributed by atoms with van der Waals surface area (Å²) in [5.41, 5.74) is 1.11. The molecular formula is C7H9Cl2NS. The van der Waals surface area contributed by atoms with Gasteiger partial charge in [0.15, 0.2) is 0 Å². The van der Waals surface area contributed by atoms with Crippen LogP contribution >= 0.6 is 35.8 Å². The molecule has 1 aromatic rings. The number of rotatable bonds is 2. The molecule has 0 saturated heterocycles. The third-order valence-corrected chi connectivity index (χ3v) is 2.23. The number of hydrogen-bond donors (Lipinski definition) is 0. The number of alkyl halides is 1. The minimum Gasteiger partial charge on any atom is -0.250 e. The minimum atomic E-state index is 0. The molecule has 1 nitrogen and oxygen atoms in total. The van der Waals surface area contributed by atoms with Crippen molar-refractivity contribution in [3.05, 3.63) is 23.9 Å². The lowest BCUT2D eigenvalue weighted by Crippen LogP contribution is -1.85. The van der Waals surface area contributed by atoms with Gasteiger partial charge in [-0.2, -0.15) is 0 Å². The van der Waals surface area contributed by atoms with E-state index in [2.05, 4.69) is 4.98 Å². The van der Waals surface area contributed by atoms with Crippen molar-refractivity contribution in [3.8, 4) is 0 Å². The van der Waals surface area contributed by atoms with Gasteiger partial charge in [-0.1, -0.05) is 6.07 Å². The molecule has 11 heavy (non-hydrogen) atoms. The van der Waals surface area contributed by atoms with Crippen molar-refractivity contribution in [2.45, 2.75) is 10.9 Å². The first-order chi connectivity index (χ1) is 4.88. The van der Waals surface area contributed by atoms with E-state index in [0.717, 1.165) is 10.6 Å². The zero-order valence-corrected chi connectivity index (χ0v) is 8.47. The van der Waals surface area contributed by atoms with E-state index in [4.69, 9.17) is 11.6 Å². The first kappa shape index (κ1) is 11.1. The molecule has 0 aromatic carbocycles. The molecule has 0 aliphatic rings. The standard InChI is InChI=1S/C7H8ClNS.ClH/c1-10-7-6(5-8)3-2-4-9-7;/h2-4H,5H2,1H3;1H. The molecule has 1 rings (SSSR count). The molecule has 0 amide bonds. The Morgan fingerprint density at radius 2 is 2.36 bits per heavy atom. The molecule has 4 heteroatoms. The topological polar surface area (TPSA) is 12.9 Å². The maximum Gasteiger partial charge on any atom is 0.100 e. The molecule has 0 saturated carbocycles. The molecule has 0 radical (unpaired) electrons. The highest BCUT2D eigenvalue weighted by Crippen LogP contribution is 2.17. The van der Waals surface area contributed by atoms with Crippen molar-refractivity contribution in [1.29, 1.82) is 0 Å². The van der Waals surface area contributed by atoms with Gasteiger partial charge < -0.3 is 0 Å². The molecule has 0 aliphatic carbocycles. The van der Waals surface area contributed by atoms with Gasteiger partial charge in [-0.25, -0.2) is 4.98 Å². The predicted molar refractivity (Wildman–Crippen MR) is 52.8 cm³/mol. The summed E-state index contributed by atoms with van der Waals surface area (Å²) in [4.78, 5) is 4.15. The lowest BCUT2D eigenvalue weighted by molar-refractivity contribution is 1.07. The molecule has 1 heterocycles. The number of halogens is 2. The Hall–Kier alpha value is 0.0800. The van der Waals surface area contributed by atoms with Gasteiger partial charge in [-0.05, 0) is 17.9 Å². The Morgan fingerprint density at radius 1 is 1.64 bits per heavy atom. The summed E-state index contributed by atoms with van der Waals surface area (Å²) in [6.07, 6.45) is 3.78. The molecule has 1 aromatic heterocycles. The van der Waals surface area contributed by atoms with Crippen molar-refractivity contribution in [2.75, 3.05) is 6.26 Å². The highest BCUT2D eigenvalue weighted by molar-refractivity contribution is 7.98. The summed E-state index contributed by atoms with van der Waals surface area (Å²) < 4.78 is 0. The van der Waals surface area contributed by atoms with E-state index in [1.807, 2.05) is 18.4 Å². The summed E-state index contributed by atoms with van der Waals surface area (Å²) in [7, 11) is 0. The van der Waals surface area contributed by atoms with E-state index < -0.39 is 0 Å². The predicted octanol–water partition coefficient (Wildman–Crippen LogP) is 2.96. The van der Waals surface area contributed by atoms with E-state index in [-0.39, 0.29) is 12.4 Å². The van der Waals surface area contributed by atoms with E-state index in [1.165, 1.54) is 0 Å². The minimum absolute atomic E-state index is 0. The number of nitrogens with zero attached hydrogens (tertiary/aromatic N) is 1. The van der Waals surface area contributed by atoms with Crippen LogP contribution in [0.25, 0.3) is 0 Å². The summed E-state index contributed by atoms with van der Waals surface area (Å²) >= 11 is 7.28. The van der Waals surface area contributed by atoms with Crippen LogP contribution < -0.4 is 0 Å². The third kappa shape index (κ3) is 2.89. The lowest BCUT2D eigenvalue weighted by Gasteiger charge is -1.99. The average Bonchev–Trinajstić information content (AvgIpc) is 2.04. The molecule has 0 aliphatic heterocycles. The third-order valence-electron chi connectivity index (χ3n) is 1.19. The highest BCUT2D eigenvalue weighted by atomic mass is 35.5. The molecule has 0 spiro atoms. The van der Waals surface area contributed by atoms with Crippen LogP contribution in [-0.2, 0) is 5.88 Å². The molecule has 0 bridgehead atoms. The van der Waals surface area contributed by atoms with Crippen molar-refractivity contribution < 1.29 is 0 Å². The summed E-state index contributed by atoms with van der Waals surface area (Å²) in [5, 5.41) is 1.03. The van der Waals surface area contributed by atoms with Gasteiger partial charge >= 0.3 is 0 Å². The first-order valence-corrected chi connectivity index (χ1v) is 4.68. The lowest BCUT2D eigenvalue weighted by atomic mass is 10.3. The van der Waals surface area contributed by atoms with Crippen molar-refractivity contribution in [1.82, 2.24) is 4.98 Å². The Bertz CT molecular complexity index is 194. The molecule has 0 N–H and O–H groups in total. The second-order valence-electron chi connectivity index (χ2n) is 1.81. The number of aromatic nitrogens is 1. The van der Waals surface area contributed by atoms with Gasteiger partial charge in [-0.3, -0.25) is 0 Å². The largest absolute Gasteiger partial charge is 0.250 e. The van der Waals surface area contributed by atoms with Gasteiger partial charge in [0.1, 0.15) is 5.03 Å². The SMILES string of the molecule is CSc1ncccc1CCl.Cl. The fourth-order valence-corrected chi connectivity index (χ4v) is 1.57. The van der Waals surface area contributed by atoms with Crippen LogP contribution in [0, 0.1) is 0 Å². The van der Waals surface area contributed by atoms with E-state index in [0.29, 0.717) is 5.88 Å². The zero-order chi connectivity index (χ0) is 7.40. The monoisotopic (exact) mass is 209 g/mol. The fraction of sp³-hybridized carbons (Fsp3) is 0.286. The Labute approximate surface area is 82.0 Å². The quantitative estimate of drug-likeness (QED) is 0.549. The highest BCUT2D eigenvalue weighted by Gasteiger charge is 1.97. The van der Waals surface area contributed by atoms with E-state index in [9.17, 15) is 0 Å². The Kier molecular flexibility index (Phi) is 5.74. The van der Waals surface area contributed by atoms with E-state index in [1.54, 1.807) is 18.0 Å². The maximum atomic E-state index is 5.66. The Balaban J connectivity index is 0.000001000. The maximum absolute atomic E-state index is 5.66. The van der Waals surface area contributed by atoms with Crippen LogP contribution in [0.15, 0.2) is 23.4 Å². The molecule has 0 fully saturated rings. The number of hydrogen-bond acceptors (Lipinski definition) is 2. The van der Waals surface area contributed by atoms with Gasteiger partial charge in [-0.15, -0.1) is 35.8 Å². The zero-order valence-electron chi connectivity index (χ0n) is 6.08. The number of pyridine rings is 1. The van der Waals surface area contributed by atoms with Gasteiger partial charge in [0.2, 0.25) is 0 Å². The smallest absolute Gasteiger partial charge is 0.100 e. The normalized spacial score (nSPS) is 8.91. The van der Waals surface area contributed by atoms with Crippen molar-refractivity contribution >= 4 is 35.8 Å². The van der Waals surface area contributed by atoms with Crippen LogP contribution in [0.1, 0.15) is 5.56 Å². The van der Waals surface area contributed by atoms with Crippen LogP contribution in [0.2, 0.25) is 0 Å². The van der Waals surface area contributed by atoms with Crippen LogP contribution in [0.3, 0.4) is 0 Å². The average molecular weight is 210 g/mol. The summed E-state index contributed by atoms with van der Waals surface area (Å²) in [5.74, 6) is 0.546. The van der Waals surface area contributed by atoms with Crippen LogP contribution in [0.5, 0.6) is 0 Å². The van der Waals surface area contributed by atoms with Crippen LogP contribution in [-0.4, -0.2) is 11.2 Å². The fourth-order valence-electron chi connectivity index (χ4n) is 0.710. The van der Waals surface area contributed by atoms with Gasteiger partial charge in [0.25, 0.3) is 0 Å². The van der Waals surface area contributed by atoms with Crippen molar-refractivity contribution in [2.24, 2.45) is 0 Å². The summed E-state index contributed by atoms with van der Waals surface area (Å²) in [6.45, 7) is 0. The molecule has 0 unspecified atom stereocenters. The van der Waals surface area contributed by atoms with Gasteiger partial charge in [0, 0.05) is 6.20 Å². The molecule has 62 valence electrons. The Morgan fingerprint density at radius 3 is 2.82 bits per heavy atom. The van der Waals surface area contributed by atoms with E-state index >= 15 is 0 Å². The van der Waals surface area contributed by atoms with Gasteiger partial charge in [0.05, 0.1) is 5.88 Å². The second-order valence-corrected chi connectivity index (χ2v) is 2.87. The summed E-state index contributed by atoms with van der Waals surface area (Å²) in [6, 6.07) is 3.89. The first-order valence-electron chi connectivity index (χ1n) is 2.92. The van der Waals surface area contributed by atoms with Crippen LogP contribution in [0.4, 0.5) is 0 Å².